The molecule has 0 aliphatic heterocycles. The van der Waals surface area contributed by atoms with Crippen molar-refractivity contribution < 1.29 is 18.1 Å². The van der Waals surface area contributed by atoms with Gasteiger partial charge in [-0.3, -0.25) is 14.9 Å². The van der Waals surface area contributed by atoms with E-state index in [9.17, 15) is 23.3 Å². The first kappa shape index (κ1) is 21.0. The van der Waals surface area contributed by atoms with Gasteiger partial charge in [-0.05, 0) is 24.3 Å². The maximum atomic E-state index is 12.6. The zero-order chi connectivity index (χ0) is 20.9. The number of benzene rings is 2. The molecule has 0 atom stereocenters. The molecule has 0 saturated carbocycles. The van der Waals surface area contributed by atoms with Crippen molar-refractivity contribution in [1.29, 1.82) is 0 Å². The number of sulfone groups is 1. The number of non-ortho nitro benzene ring substituents is 1. The Balaban J connectivity index is 1.60. The molecule has 2 aromatic carbocycles. The van der Waals surface area contributed by atoms with Crippen LogP contribution in [0.2, 0.25) is 0 Å². The summed E-state index contributed by atoms with van der Waals surface area (Å²) in [5, 5.41) is 13.5. The summed E-state index contributed by atoms with van der Waals surface area (Å²) in [5.41, 5.74) is -0.199. The second-order valence-electron chi connectivity index (χ2n) is 5.70. The predicted octanol–water partition coefficient (Wildman–Crippen LogP) is 4.01. The SMILES string of the molecule is O=C(CCSc1ccccc1)Nc1ncc(S(=O)(=O)c2ccc([N+](=O)[O-])cc2)s1. The monoisotopic (exact) mass is 449 g/mol. The van der Waals surface area contributed by atoms with E-state index in [0.717, 1.165) is 34.6 Å². The van der Waals surface area contributed by atoms with Crippen molar-refractivity contribution in [2.45, 2.75) is 20.4 Å². The van der Waals surface area contributed by atoms with E-state index in [1.54, 1.807) is 11.8 Å². The number of nitrogens with zero attached hydrogens (tertiary/aromatic N) is 2. The van der Waals surface area contributed by atoms with Gasteiger partial charge in [0.1, 0.15) is 4.21 Å². The van der Waals surface area contributed by atoms with Crippen LogP contribution in [0.15, 0.2) is 74.8 Å². The van der Waals surface area contributed by atoms with Gasteiger partial charge in [-0.15, -0.1) is 11.8 Å². The molecule has 0 radical (unpaired) electrons. The number of thioether (sulfide) groups is 1. The Morgan fingerprint density at radius 2 is 1.83 bits per heavy atom. The van der Waals surface area contributed by atoms with Gasteiger partial charge in [0.2, 0.25) is 15.7 Å². The smallest absolute Gasteiger partial charge is 0.269 e. The molecule has 3 rings (SSSR count). The maximum Gasteiger partial charge on any atom is 0.269 e. The third-order valence-electron chi connectivity index (χ3n) is 3.69. The molecule has 0 unspecified atom stereocenters. The highest BCUT2D eigenvalue weighted by atomic mass is 32.2. The Kier molecular flexibility index (Phi) is 6.62. The molecule has 1 amide bonds. The van der Waals surface area contributed by atoms with Gasteiger partial charge in [0.25, 0.3) is 5.69 Å². The summed E-state index contributed by atoms with van der Waals surface area (Å²) < 4.78 is 25.2. The predicted molar refractivity (Wildman–Crippen MR) is 111 cm³/mol. The van der Waals surface area contributed by atoms with Crippen molar-refractivity contribution in [2.75, 3.05) is 11.1 Å². The molecule has 1 heterocycles. The number of nitro benzene ring substituents is 1. The summed E-state index contributed by atoms with van der Waals surface area (Å²) in [6.45, 7) is 0. The van der Waals surface area contributed by atoms with Crippen molar-refractivity contribution in [3.63, 3.8) is 0 Å². The van der Waals surface area contributed by atoms with Gasteiger partial charge in [-0.1, -0.05) is 29.5 Å². The van der Waals surface area contributed by atoms with Crippen LogP contribution >= 0.6 is 23.1 Å². The molecule has 0 saturated heterocycles. The maximum absolute atomic E-state index is 12.6. The van der Waals surface area contributed by atoms with Gasteiger partial charge in [0, 0.05) is 29.2 Å². The molecule has 11 heteroatoms. The van der Waals surface area contributed by atoms with E-state index in [0.29, 0.717) is 5.75 Å². The Hall–Kier alpha value is -2.76. The molecular weight excluding hydrogens is 434 g/mol. The van der Waals surface area contributed by atoms with Crippen LogP contribution in [0.3, 0.4) is 0 Å². The van der Waals surface area contributed by atoms with Crippen molar-refractivity contribution >= 4 is 49.7 Å². The van der Waals surface area contributed by atoms with Gasteiger partial charge in [0.05, 0.1) is 16.0 Å². The molecule has 0 fully saturated rings. The summed E-state index contributed by atoms with van der Waals surface area (Å²) >= 11 is 2.38. The lowest BCUT2D eigenvalue weighted by Gasteiger charge is -2.02. The number of thiazole rings is 1. The second-order valence-corrected chi connectivity index (χ2v) is 10.1. The van der Waals surface area contributed by atoms with Crippen LogP contribution in [-0.4, -0.2) is 30.0 Å². The largest absolute Gasteiger partial charge is 0.302 e. The lowest BCUT2D eigenvalue weighted by atomic mass is 10.3. The number of aromatic nitrogens is 1. The van der Waals surface area contributed by atoms with Crippen LogP contribution in [0.5, 0.6) is 0 Å². The topological polar surface area (TPSA) is 119 Å². The fourth-order valence-corrected chi connectivity index (χ4v) is 5.59. The molecule has 1 N–H and O–H groups in total. The Morgan fingerprint density at radius 3 is 2.48 bits per heavy atom. The van der Waals surface area contributed by atoms with Crippen LogP contribution in [0.1, 0.15) is 6.42 Å². The number of nitro groups is 1. The van der Waals surface area contributed by atoms with Crippen molar-refractivity contribution in [2.24, 2.45) is 0 Å². The highest BCUT2D eigenvalue weighted by Gasteiger charge is 2.22. The third-order valence-corrected chi connectivity index (χ3v) is 7.85. The first-order valence-electron chi connectivity index (χ1n) is 8.29. The molecule has 0 aliphatic rings. The van der Waals surface area contributed by atoms with Crippen LogP contribution in [-0.2, 0) is 14.6 Å². The standard InChI is InChI=1S/C18H15N3O5S3/c22-16(10-11-27-14-4-2-1-3-5-14)20-18-19-12-17(28-18)29(25,26)15-8-6-13(7-9-15)21(23)24/h1-9,12H,10-11H2,(H,19,20,22). The molecule has 0 bridgehead atoms. The molecule has 29 heavy (non-hydrogen) atoms. The molecule has 0 spiro atoms. The number of carbonyl (C=O) groups excluding carboxylic acids is 1. The van der Waals surface area contributed by atoms with E-state index in [1.807, 2.05) is 30.3 Å². The van der Waals surface area contributed by atoms with Crippen molar-refractivity contribution in [3.05, 3.63) is 70.9 Å². The Bertz CT molecular complexity index is 1110. The molecule has 150 valence electrons. The number of rotatable bonds is 8. The number of hydrogen-bond acceptors (Lipinski definition) is 8. The quantitative estimate of drug-likeness (QED) is 0.313. The summed E-state index contributed by atoms with van der Waals surface area (Å²) in [5.74, 6) is 0.317. The van der Waals surface area contributed by atoms with Gasteiger partial charge < -0.3 is 5.32 Å². The number of hydrogen-bond donors (Lipinski definition) is 1. The van der Waals surface area contributed by atoms with Gasteiger partial charge in [-0.2, -0.15) is 0 Å². The minimum Gasteiger partial charge on any atom is -0.302 e. The Labute approximate surface area is 175 Å². The summed E-state index contributed by atoms with van der Waals surface area (Å²) in [6, 6.07) is 14.3. The normalized spacial score (nSPS) is 11.2. The van der Waals surface area contributed by atoms with Gasteiger partial charge >= 0.3 is 0 Å². The number of amides is 1. The number of anilines is 1. The number of carbonyl (C=O) groups is 1. The van der Waals surface area contributed by atoms with E-state index in [-0.39, 0.29) is 32.3 Å². The zero-order valence-corrected chi connectivity index (χ0v) is 17.3. The molecule has 0 aliphatic carbocycles. The third kappa shape index (κ3) is 5.40. The van der Waals surface area contributed by atoms with E-state index in [1.165, 1.54) is 12.1 Å². The summed E-state index contributed by atoms with van der Waals surface area (Å²) in [7, 11) is -3.87. The van der Waals surface area contributed by atoms with Crippen LogP contribution in [0.25, 0.3) is 0 Å². The lowest BCUT2D eigenvalue weighted by Crippen LogP contribution is -2.11. The van der Waals surface area contributed by atoms with Crippen molar-refractivity contribution in [3.8, 4) is 0 Å². The van der Waals surface area contributed by atoms with Crippen LogP contribution in [0, 0.1) is 10.1 Å². The van der Waals surface area contributed by atoms with Crippen molar-refractivity contribution in [1.82, 2.24) is 4.98 Å². The molecule has 3 aromatic rings. The first-order valence-corrected chi connectivity index (χ1v) is 11.6. The summed E-state index contributed by atoms with van der Waals surface area (Å²) in [6.07, 6.45) is 1.42. The molecular formula is C18H15N3O5S3. The lowest BCUT2D eigenvalue weighted by molar-refractivity contribution is -0.384. The fraction of sp³-hybridized carbons (Fsp3) is 0.111. The van der Waals surface area contributed by atoms with Gasteiger partial charge in [-0.25, -0.2) is 13.4 Å². The van der Waals surface area contributed by atoms with Crippen LogP contribution in [0.4, 0.5) is 10.8 Å². The fourth-order valence-electron chi connectivity index (χ4n) is 2.26. The number of nitrogens with one attached hydrogen (secondary N) is 1. The average Bonchev–Trinajstić information content (AvgIpc) is 3.18. The zero-order valence-electron chi connectivity index (χ0n) is 14.8. The molecule has 8 nitrogen and oxygen atoms in total. The molecule has 1 aromatic heterocycles. The van der Waals surface area contributed by atoms with E-state index in [4.69, 9.17) is 0 Å². The van der Waals surface area contributed by atoms with E-state index < -0.39 is 14.8 Å². The average molecular weight is 450 g/mol. The summed E-state index contributed by atoms with van der Waals surface area (Å²) in [4.78, 5) is 27.1. The van der Waals surface area contributed by atoms with E-state index in [2.05, 4.69) is 10.3 Å². The van der Waals surface area contributed by atoms with E-state index >= 15 is 0 Å². The minimum atomic E-state index is -3.87. The Morgan fingerprint density at radius 1 is 1.14 bits per heavy atom. The van der Waals surface area contributed by atoms with Gasteiger partial charge in [0.15, 0.2) is 5.13 Å². The van der Waals surface area contributed by atoms with Crippen LogP contribution < -0.4 is 5.32 Å². The second kappa shape index (κ2) is 9.16. The highest BCUT2D eigenvalue weighted by Crippen LogP contribution is 2.29. The highest BCUT2D eigenvalue weighted by molar-refractivity contribution is 7.99. The minimum absolute atomic E-state index is 0.0553. The first-order chi connectivity index (χ1) is 13.9.